The highest BCUT2D eigenvalue weighted by Gasteiger charge is 2.13. The topological polar surface area (TPSA) is 29.5 Å². The summed E-state index contributed by atoms with van der Waals surface area (Å²) in [7, 11) is 1.66. The van der Waals surface area contributed by atoms with Crippen molar-refractivity contribution in [1.29, 1.82) is 0 Å². The first-order valence-corrected chi connectivity index (χ1v) is 7.59. The summed E-state index contributed by atoms with van der Waals surface area (Å²) in [6, 6.07) is 16.0. The third kappa shape index (κ3) is 4.10. The minimum Gasteiger partial charge on any atom is -0.496 e. The van der Waals surface area contributed by atoms with Gasteiger partial charge in [0.2, 0.25) is 5.91 Å². The van der Waals surface area contributed by atoms with E-state index in [1.165, 1.54) is 0 Å². The molecule has 0 N–H and O–H groups in total. The molecule has 1 amide bonds. The number of benzene rings is 2. The highest BCUT2D eigenvalue weighted by molar-refractivity contribution is 5.78. The number of carbonyl (C=O) groups excluding carboxylic acids is 1. The van der Waals surface area contributed by atoms with Gasteiger partial charge in [0, 0.05) is 13.1 Å². The van der Waals surface area contributed by atoms with E-state index in [-0.39, 0.29) is 5.91 Å². The molecular formula is C19H23NO2. The van der Waals surface area contributed by atoms with E-state index in [1.807, 2.05) is 67.3 Å². The molecule has 2 aromatic rings. The summed E-state index contributed by atoms with van der Waals surface area (Å²) in [4.78, 5) is 14.4. The van der Waals surface area contributed by atoms with Crippen molar-refractivity contribution in [3.8, 4) is 5.75 Å². The molecule has 3 nitrogen and oxygen atoms in total. The molecule has 0 atom stereocenters. The molecule has 2 aromatic carbocycles. The minimum absolute atomic E-state index is 0.149. The molecule has 0 bridgehead atoms. The van der Waals surface area contributed by atoms with E-state index < -0.39 is 0 Å². The summed E-state index contributed by atoms with van der Waals surface area (Å²) in [5.41, 5.74) is 3.23. The molecule has 0 aliphatic rings. The summed E-state index contributed by atoms with van der Waals surface area (Å²) < 4.78 is 5.26. The number of aryl methyl sites for hydroxylation is 1. The SMILES string of the molecule is CCN(Cc1ccccc1)C(=O)Cc1ccc(OC)c(C)c1. The van der Waals surface area contributed by atoms with Crippen molar-refractivity contribution in [2.45, 2.75) is 26.8 Å². The van der Waals surface area contributed by atoms with Crippen molar-refractivity contribution in [3.05, 3.63) is 65.2 Å². The second-order valence-corrected chi connectivity index (χ2v) is 5.37. The van der Waals surface area contributed by atoms with Crippen LogP contribution < -0.4 is 4.74 Å². The Kier molecular flexibility index (Phi) is 5.59. The Hall–Kier alpha value is -2.29. The van der Waals surface area contributed by atoms with Gasteiger partial charge in [-0.15, -0.1) is 0 Å². The lowest BCUT2D eigenvalue weighted by Gasteiger charge is -2.21. The molecule has 0 unspecified atom stereocenters. The standard InChI is InChI=1S/C19H23NO2/c1-4-20(14-16-8-6-5-7-9-16)19(21)13-17-10-11-18(22-3)15(2)12-17/h5-12H,4,13-14H2,1-3H3. The molecule has 0 spiro atoms. The number of hydrogen-bond acceptors (Lipinski definition) is 2. The van der Waals surface area contributed by atoms with E-state index in [4.69, 9.17) is 4.74 Å². The van der Waals surface area contributed by atoms with Crippen LogP contribution in [0, 0.1) is 6.92 Å². The summed E-state index contributed by atoms with van der Waals surface area (Å²) in [6.45, 7) is 5.38. The van der Waals surface area contributed by atoms with Gasteiger partial charge in [0.15, 0.2) is 0 Å². The van der Waals surface area contributed by atoms with E-state index in [0.29, 0.717) is 19.5 Å². The van der Waals surface area contributed by atoms with Gasteiger partial charge in [0.25, 0.3) is 0 Å². The molecule has 0 aliphatic heterocycles. The van der Waals surface area contributed by atoms with Gasteiger partial charge < -0.3 is 9.64 Å². The largest absolute Gasteiger partial charge is 0.496 e. The molecule has 3 heteroatoms. The summed E-state index contributed by atoms with van der Waals surface area (Å²) in [6.07, 6.45) is 0.422. The molecule has 0 aromatic heterocycles. The van der Waals surface area contributed by atoms with Crippen molar-refractivity contribution in [1.82, 2.24) is 4.90 Å². The van der Waals surface area contributed by atoms with E-state index in [0.717, 1.165) is 22.4 Å². The summed E-state index contributed by atoms with van der Waals surface area (Å²) in [5.74, 6) is 1.00. The zero-order chi connectivity index (χ0) is 15.9. The van der Waals surface area contributed by atoms with Crippen LogP contribution in [0.1, 0.15) is 23.6 Å². The Bertz CT molecular complexity index is 623. The average molecular weight is 297 g/mol. The molecule has 0 fully saturated rings. The number of rotatable bonds is 6. The smallest absolute Gasteiger partial charge is 0.227 e. The predicted molar refractivity (Wildman–Crippen MR) is 89.0 cm³/mol. The number of nitrogens with zero attached hydrogens (tertiary/aromatic N) is 1. The normalized spacial score (nSPS) is 10.3. The average Bonchev–Trinajstić information content (AvgIpc) is 2.53. The van der Waals surface area contributed by atoms with Crippen LogP contribution in [-0.2, 0) is 17.8 Å². The van der Waals surface area contributed by atoms with E-state index in [2.05, 4.69) is 0 Å². The quantitative estimate of drug-likeness (QED) is 0.815. The Morgan fingerprint density at radius 2 is 1.82 bits per heavy atom. The molecule has 2 rings (SSSR count). The monoisotopic (exact) mass is 297 g/mol. The lowest BCUT2D eigenvalue weighted by molar-refractivity contribution is -0.130. The van der Waals surface area contributed by atoms with Crippen molar-refractivity contribution < 1.29 is 9.53 Å². The van der Waals surface area contributed by atoms with Gasteiger partial charge in [0.1, 0.15) is 5.75 Å². The Morgan fingerprint density at radius 3 is 2.41 bits per heavy atom. The number of amides is 1. The lowest BCUT2D eigenvalue weighted by Crippen LogP contribution is -2.31. The number of methoxy groups -OCH3 is 1. The van der Waals surface area contributed by atoms with E-state index in [1.54, 1.807) is 7.11 Å². The Labute approximate surface area is 132 Å². The Morgan fingerprint density at radius 1 is 1.09 bits per heavy atom. The fourth-order valence-electron chi connectivity index (χ4n) is 2.52. The summed E-state index contributed by atoms with van der Waals surface area (Å²) >= 11 is 0. The molecule has 22 heavy (non-hydrogen) atoms. The maximum Gasteiger partial charge on any atom is 0.227 e. The minimum atomic E-state index is 0.149. The highest BCUT2D eigenvalue weighted by Crippen LogP contribution is 2.19. The third-order valence-corrected chi connectivity index (χ3v) is 3.77. The summed E-state index contributed by atoms with van der Waals surface area (Å²) in [5, 5.41) is 0. The molecule has 0 heterocycles. The molecule has 116 valence electrons. The van der Waals surface area contributed by atoms with Crippen LogP contribution in [0.15, 0.2) is 48.5 Å². The number of carbonyl (C=O) groups is 1. The van der Waals surface area contributed by atoms with Crippen LogP contribution in [0.5, 0.6) is 5.75 Å². The first kappa shape index (κ1) is 16.1. The second-order valence-electron chi connectivity index (χ2n) is 5.37. The van der Waals surface area contributed by atoms with Crippen molar-refractivity contribution in [2.75, 3.05) is 13.7 Å². The van der Waals surface area contributed by atoms with Gasteiger partial charge in [-0.2, -0.15) is 0 Å². The second kappa shape index (κ2) is 7.64. The van der Waals surface area contributed by atoms with Crippen molar-refractivity contribution >= 4 is 5.91 Å². The van der Waals surface area contributed by atoms with Crippen LogP contribution in [0.2, 0.25) is 0 Å². The van der Waals surface area contributed by atoms with E-state index >= 15 is 0 Å². The fraction of sp³-hybridized carbons (Fsp3) is 0.316. The highest BCUT2D eigenvalue weighted by atomic mass is 16.5. The van der Waals surface area contributed by atoms with Crippen molar-refractivity contribution in [3.63, 3.8) is 0 Å². The number of hydrogen-bond donors (Lipinski definition) is 0. The number of ether oxygens (including phenoxy) is 1. The lowest BCUT2D eigenvalue weighted by atomic mass is 10.1. The molecule has 0 radical (unpaired) electrons. The molecule has 0 saturated carbocycles. The van der Waals surface area contributed by atoms with Crippen LogP contribution >= 0.6 is 0 Å². The predicted octanol–water partition coefficient (Wildman–Crippen LogP) is 3.59. The fourth-order valence-corrected chi connectivity index (χ4v) is 2.52. The van der Waals surface area contributed by atoms with Gasteiger partial charge in [-0.3, -0.25) is 4.79 Å². The van der Waals surface area contributed by atoms with Gasteiger partial charge in [-0.1, -0.05) is 42.5 Å². The van der Waals surface area contributed by atoms with Crippen LogP contribution in [0.4, 0.5) is 0 Å². The van der Waals surface area contributed by atoms with Gasteiger partial charge >= 0.3 is 0 Å². The molecule has 0 saturated heterocycles. The van der Waals surface area contributed by atoms with Gasteiger partial charge in [-0.05, 0) is 36.6 Å². The van der Waals surface area contributed by atoms with Crippen LogP contribution in [0.3, 0.4) is 0 Å². The number of likely N-dealkylation sites (N-methyl/N-ethyl adjacent to an activating group) is 1. The van der Waals surface area contributed by atoms with Crippen LogP contribution in [0.25, 0.3) is 0 Å². The maximum atomic E-state index is 12.5. The first-order valence-electron chi connectivity index (χ1n) is 7.59. The van der Waals surface area contributed by atoms with Crippen LogP contribution in [-0.4, -0.2) is 24.5 Å². The zero-order valence-corrected chi connectivity index (χ0v) is 13.5. The Balaban J connectivity index is 2.04. The first-order chi connectivity index (χ1) is 10.6. The van der Waals surface area contributed by atoms with Gasteiger partial charge in [-0.25, -0.2) is 0 Å². The van der Waals surface area contributed by atoms with Crippen molar-refractivity contribution in [2.24, 2.45) is 0 Å². The zero-order valence-electron chi connectivity index (χ0n) is 13.5. The van der Waals surface area contributed by atoms with E-state index in [9.17, 15) is 4.79 Å². The maximum absolute atomic E-state index is 12.5. The molecule has 0 aliphatic carbocycles. The van der Waals surface area contributed by atoms with Gasteiger partial charge in [0.05, 0.1) is 13.5 Å². The third-order valence-electron chi connectivity index (χ3n) is 3.77. The molecular weight excluding hydrogens is 274 g/mol.